The quantitative estimate of drug-likeness (QED) is 0.561. The molecule has 1 atom stereocenters. The minimum atomic E-state index is -0.291. The SMILES string of the molecule is Cc1ccc([NH+]([O-])Nc2ccccc2)c(C(=O)c2ccccc2)c1. The Balaban J connectivity index is 1.95. The molecule has 0 aliphatic heterocycles. The first-order chi connectivity index (χ1) is 11.6. The summed E-state index contributed by atoms with van der Waals surface area (Å²) in [5.41, 5.74) is 5.82. The van der Waals surface area contributed by atoms with E-state index >= 15 is 0 Å². The molecule has 0 bridgehead atoms. The van der Waals surface area contributed by atoms with Crippen LogP contribution in [0.1, 0.15) is 21.5 Å². The van der Waals surface area contributed by atoms with Crippen LogP contribution < -0.4 is 10.6 Å². The topological polar surface area (TPSA) is 56.6 Å². The van der Waals surface area contributed by atoms with Crippen molar-refractivity contribution in [2.45, 2.75) is 6.92 Å². The van der Waals surface area contributed by atoms with Gasteiger partial charge in [0.25, 0.3) is 0 Å². The Morgan fingerprint density at radius 2 is 1.54 bits per heavy atom. The first-order valence-corrected chi connectivity index (χ1v) is 7.72. The van der Waals surface area contributed by atoms with Crippen LogP contribution in [0.25, 0.3) is 0 Å². The van der Waals surface area contributed by atoms with E-state index in [4.69, 9.17) is 0 Å². The number of para-hydroxylation sites is 1. The molecule has 0 spiro atoms. The van der Waals surface area contributed by atoms with Crippen LogP contribution in [0.5, 0.6) is 0 Å². The summed E-state index contributed by atoms with van der Waals surface area (Å²) in [5, 5.41) is 12.3. The summed E-state index contributed by atoms with van der Waals surface area (Å²) in [5.74, 6) is -0.155. The minimum Gasteiger partial charge on any atom is -0.603 e. The highest BCUT2D eigenvalue weighted by atomic mass is 16.5. The van der Waals surface area contributed by atoms with Gasteiger partial charge in [0.05, 0.1) is 11.3 Å². The average molecular weight is 318 g/mol. The molecule has 3 rings (SSSR count). The van der Waals surface area contributed by atoms with E-state index < -0.39 is 0 Å². The number of rotatable bonds is 5. The van der Waals surface area contributed by atoms with Crippen molar-refractivity contribution in [1.82, 2.24) is 0 Å². The molecule has 0 aliphatic rings. The fraction of sp³-hybridized carbons (Fsp3) is 0.0500. The van der Waals surface area contributed by atoms with Crippen LogP contribution in [0.3, 0.4) is 0 Å². The van der Waals surface area contributed by atoms with Crippen molar-refractivity contribution in [3.8, 4) is 0 Å². The maximum absolute atomic E-state index is 12.8. The molecule has 0 fully saturated rings. The summed E-state index contributed by atoms with van der Waals surface area (Å²) in [7, 11) is 0. The summed E-state index contributed by atoms with van der Waals surface area (Å²) in [6.45, 7) is 1.90. The Morgan fingerprint density at radius 1 is 0.917 bits per heavy atom. The fourth-order valence-corrected chi connectivity index (χ4v) is 2.51. The Kier molecular flexibility index (Phi) is 4.70. The number of hydrogen-bond acceptors (Lipinski definition) is 3. The summed E-state index contributed by atoms with van der Waals surface area (Å²) >= 11 is 0. The van der Waals surface area contributed by atoms with E-state index in [-0.39, 0.29) is 11.0 Å². The highest BCUT2D eigenvalue weighted by Crippen LogP contribution is 2.18. The van der Waals surface area contributed by atoms with E-state index in [2.05, 4.69) is 5.43 Å². The van der Waals surface area contributed by atoms with Crippen molar-refractivity contribution in [2.24, 2.45) is 0 Å². The lowest BCUT2D eigenvalue weighted by molar-refractivity contribution is -0.749. The number of hydrogen-bond donors (Lipinski definition) is 2. The molecular formula is C20H18N2O2. The van der Waals surface area contributed by atoms with Gasteiger partial charge in [-0.3, -0.25) is 4.79 Å². The minimum absolute atomic E-state index is 0.155. The lowest BCUT2D eigenvalue weighted by Gasteiger charge is -2.24. The molecule has 0 amide bonds. The smallest absolute Gasteiger partial charge is 0.199 e. The highest BCUT2D eigenvalue weighted by Gasteiger charge is 2.18. The van der Waals surface area contributed by atoms with E-state index in [1.165, 1.54) is 0 Å². The molecule has 0 saturated carbocycles. The van der Waals surface area contributed by atoms with E-state index in [9.17, 15) is 10.0 Å². The number of carbonyl (C=O) groups excluding carboxylic acids is 1. The first kappa shape index (κ1) is 15.9. The van der Waals surface area contributed by atoms with Gasteiger partial charge in [-0.1, -0.05) is 54.6 Å². The Hall–Kier alpha value is -2.95. The molecule has 0 radical (unpaired) electrons. The lowest BCUT2D eigenvalue weighted by Crippen LogP contribution is -3.06. The molecule has 4 nitrogen and oxygen atoms in total. The zero-order valence-electron chi connectivity index (χ0n) is 13.3. The monoisotopic (exact) mass is 318 g/mol. The molecule has 0 saturated heterocycles. The molecule has 0 heterocycles. The Morgan fingerprint density at radius 3 is 2.21 bits per heavy atom. The van der Waals surface area contributed by atoms with Gasteiger partial charge in [-0.2, -0.15) is 0 Å². The molecule has 0 aliphatic carbocycles. The molecule has 120 valence electrons. The van der Waals surface area contributed by atoms with Gasteiger partial charge < -0.3 is 5.21 Å². The normalized spacial score (nSPS) is 11.8. The van der Waals surface area contributed by atoms with Crippen LogP contribution in [0, 0.1) is 12.1 Å². The molecule has 3 aromatic carbocycles. The molecule has 0 aromatic heterocycles. The molecule has 1 unspecified atom stereocenters. The molecular weight excluding hydrogens is 300 g/mol. The maximum Gasteiger partial charge on any atom is 0.199 e. The van der Waals surface area contributed by atoms with Crippen molar-refractivity contribution in [2.75, 3.05) is 5.43 Å². The van der Waals surface area contributed by atoms with Crippen molar-refractivity contribution >= 4 is 17.2 Å². The predicted molar refractivity (Wildman–Crippen MR) is 95.1 cm³/mol. The van der Waals surface area contributed by atoms with Gasteiger partial charge in [-0.15, -0.1) is 0 Å². The van der Waals surface area contributed by atoms with Crippen LogP contribution in [0.4, 0.5) is 11.4 Å². The second-order valence-electron chi connectivity index (χ2n) is 5.56. The van der Waals surface area contributed by atoms with Crippen molar-refractivity contribution in [1.29, 1.82) is 0 Å². The van der Waals surface area contributed by atoms with Gasteiger partial charge in [0.1, 0.15) is 0 Å². The number of ketones is 1. The van der Waals surface area contributed by atoms with Gasteiger partial charge in [-0.25, -0.2) is 10.6 Å². The number of anilines is 1. The zero-order valence-corrected chi connectivity index (χ0v) is 13.3. The highest BCUT2D eigenvalue weighted by molar-refractivity contribution is 6.11. The molecule has 3 aromatic rings. The van der Waals surface area contributed by atoms with E-state index in [0.717, 1.165) is 5.56 Å². The second-order valence-corrected chi connectivity index (χ2v) is 5.56. The van der Waals surface area contributed by atoms with Crippen molar-refractivity contribution in [3.05, 3.63) is 101 Å². The summed E-state index contributed by atoms with van der Waals surface area (Å²) < 4.78 is 0. The maximum atomic E-state index is 12.8. The number of carbonyl (C=O) groups is 1. The second kappa shape index (κ2) is 7.08. The van der Waals surface area contributed by atoms with Crippen LogP contribution in [0.15, 0.2) is 78.9 Å². The standard InChI is InChI=1S/C20H18N2O2/c1-15-12-13-19(22(24)21-17-10-6-3-7-11-17)18(14-15)20(23)16-8-4-2-5-9-16/h2-14,21-22H,1H3. The predicted octanol–water partition coefficient (Wildman–Crippen LogP) is 3.27. The third kappa shape index (κ3) is 3.51. The van der Waals surface area contributed by atoms with Crippen molar-refractivity contribution < 1.29 is 9.97 Å². The van der Waals surface area contributed by atoms with Crippen LogP contribution >= 0.6 is 0 Å². The number of quaternary nitrogens is 1. The number of aryl methyl sites for hydroxylation is 1. The Bertz CT molecular complexity index is 833. The van der Waals surface area contributed by atoms with Gasteiger partial charge in [0.15, 0.2) is 11.5 Å². The van der Waals surface area contributed by atoms with Gasteiger partial charge in [-0.05, 0) is 30.7 Å². The largest absolute Gasteiger partial charge is 0.603 e. The molecule has 24 heavy (non-hydrogen) atoms. The Labute approximate surface area is 140 Å². The van der Waals surface area contributed by atoms with Gasteiger partial charge in [0, 0.05) is 11.6 Å². The third-order valence-corrected chi connectivity index (χ3v) is 3.73. The summed E-state index contributed by atoms with van der Waals surface area (Å²) in [4.78, 5) is 12.8. The van der Waals surface area contributed by atoms with Gasteiger partial charge in [0.2, 0.25) is 0 Å². The summed E-state index contributed by atoms with van der Waals surface area (Å²) in [6, 6.07) is 23.5. The zero-order chi connectivity index (χ0) is 16.9. The van der Waals surface area contributed by atoms with Crippen LogP contribution in [-0.2, 0) is 0 Å². The van der Waals surface area contributed by atoms with E-state index in [1.807, 2.05) is 61.5 Å². The van der Waals surface area contributed by atoms with E-state index in [1.54, 1.807) is 24.3 Å². The summed E-state index contributed by atoms with van der Waals surface area (Å²) in [6.07, 6.45) is 0. The van der Waals surface area contributed by atoms with Crippen LogP contribution in [-0.4, -0.2) is 5.78 Å². The van der Waals surface area contributed by atoms with Crippen molar-refractivity contribution in [3.63, 3.8) is 0 Å². The lowest BCUT2D eigenvalue weighted by atomic mass is 10.00. The first-order valence-electron chi connectivity index (χ1n) is 7.72. The molecule has 4 heteroatoms. The third-order valence-electron chi connectivity index (χ3n) is 3.73. The average Bonchev–Trinajstić information content (AvgIpc) is 2.62. The number of nitrogens with one attached hydrogen (secondary N) is 2. The molecule has 2 N–H and O–H groups in total. The van der Waals surface area contributed by atoms with E-state index in [0.29, 0.717) is 22.5 Å². The number of benzene rings is 3. The van der Waals surface area contributed by atoms with Gasteiger partial charge >= 0.3 is 0 Å². The fourth-order valence-electron chi connectivity index (χ4n) is 2.51. The van der Waals surface area contributed by atoms with Crippen LogP contribution in [0.2, 0.25) is 0 Å².